The average molecular weight is 463 g/mol. The fourth-order valence-corrected chi connectivity index (χ4v) is 4.91. The lowest BCUT2D eigenvalue weighted by molar-refractivity contribution is -0.127. The number of aromatic nitrogens is 1. The topological polar surface area (TPSA) is 94.9 Å². The Labute approximate surface area is 203 Å². The lowest BCUT2D eigenvalue weighted by atomic mass is 9.78. The fourth-order valence-electron chi connectivity index (χ4n) is 4.91. The highest BCUT2D eigenvalue weighted by molar-refractivity contribution is 6.42. The predicted molar refractivity (Wildman–Crippen MR) is 137 cm³/mol. The number of nitrogens with one attached hydrogen (secondary N) is 3. The summed E-state index contributed by atoms with van der Waals surface area (Å²) >= 11 is 0. The van der Waals surface area contributed by atoms with E-state index in [1.165, 1.54) is 0 Å². The molecule has 1 heterocycles. The Kier molecular flexibility index (Phi) is 9.11. The van der Waals surface area contributed by atoms with Crippen molar-refractivity contribution in [2.45, 2.75) is 77.3 Å². The number of hydrogen-bond acceptors (Lipinski definition) is 5. The van der Waals surface area contributed by atoms with Gasteiger partial charge in [0.25, 0.3) is 0 Å². The monoisotopic (exact) mass is 462 g/mol. The van der Waals surface area contributed by atoms with E-state index in [0.717, 1.165) is 54.4 Å². The predicted octanol–water partition coefficient (Wildman–Crippen LogP) is 4.81. The highest BCUT2D eigenvalue weighted by Crippen LogP contribution is 2.31. The second-order valence-corrected chi connectivity index (χ2v) is 9.46. The summed E-state index contributed by atoms with van der Waals surface area (Å²) < 4.78 is 0. The van der Waals surface area contributed by atoms with Crippen molar-refractivity contribution in [1.29, 1.82) is 5.41 Å². The van der Waals surface area contributed by atoms with E-state index < -0.39 is 12.1 Å². The second kappa shape index (κ2) is 12.0. The molecule has 1 amide bonds. The van der Waals surface area contributed by atoms with Crippen LogP contribution < -0.4 is 10.6 Å². The van der Waals surface area contributed by atoms with Gasteiger partial charge in [0, 0.05) is 23.9 Å². The zero-order chi connectivity index (χ0) is 24.7. The minimum Gasteiger partial charge on any atom is -0.344 e. The van der Waals surface area contributed by atoms with Gasteiger partial charge >= 0.3 is 0 Å². The van der Waals surface area contributed by atoms with Crippen LogP contribution in [-0.2, 0) is 9.59 Å². The number of aryl methyl sites for hydroxylation is 1. The van der Waals surface area contributed by atoms with Gasteiger partial charge in [0.15, 0.2) is 5.78 Å². The van der Waals surface area contributed by atoms with E-state index in [1.54, 1.807) is 20.2 Å². The van der Waals surface area contributed by atoms with Crippen molar-refractivity contribution < 1.29 is 9.59 Å². The Hall–Kier alpha value is -2.86. The molecule has 3 unspecified atom stereocenters. The molecule has 0 aliphatic heterocycles. The van der Waals surface area contributed by atoms with Crippen LogP contribution in [0.3, 0.4) is 0 Å². The van der Waals surface area contributed by atoms with E-state index in [2.05, 4.69) is 34.7 Å². The molecule has 0 bridgehead atoms. The molecule has 1 saturated carbocycles. The highest BCUT2D eigenvalue weighted by Gasteiger charge is 2.36. The van der Waals surface area contributed by atoms with E-state index in [9.17, 15) is 9.59 Å². The van der Waals surface area contributed by atoms with Crippen molar-refractivity contribution in [2.24, 2.45) is 5.92 Å². The van der Waals surface area contributed by atoms with Gasteiger partial charge in [0.2, 0.25) is 5.91 Å². The summed E-state index contributed by atoms with van der Waals surface area (Å²) in [4.78, 5) is 30.8. The molecule has 2 aromatic rings. The van der Waals surface area contributed by atoms with Gasteiger partial charge in [-0.05, 0) is 68.8 Å². The minimum absolute atomic E-state index is 0.0548. The van der Waals surface area contributed by atoms with Gasteiger partial charge in [-0.25, -0.2) is 0 Å². The first-order chi connectivity index (χ1) is 16.4. The van der Waals surface area contributed by atoms with Crippen molar-refractivity contribution in [2.75, 3.05) is 7.05 Å². The number of Topliss-reactive ketones (excluding diaryl/α,β-unsaturated/α-hetero) is 1. The number of carbonyl (C=O) groups is 2. The molecule has 1 aromatic heterocycles. The Bertz CT molecular complexity index is 1010. The zero-order valence-corrected chi connectivity index (χ0v) is 20.9. The zero-order valence-electron chi connectivity index (χ0n) is 20.9. The number of ketones is 1. The van der Waals surface area contributed by atoms with E-state index >= 15 is 0 Å². The molecule has 34 heavy (non-hydrogen) atoms. The quantitative estimate of drug-likeness (QED) is 0.442. The number of nitrogens with zero attached hydrogens (tertiary/aromatic N) is 1. The Morgan fingerprint density at radius 3 is 2.50 bits per heavy atom. The maximum absolute atomic E-state index is 13.7. The molecule has 1 aliphatic carbocycles. The third-order valence-electron chi connectivity index (χ3n) is 7.17. The third kappa shape index (κ3) is 5.98. The summed E-state index contributed by atoms with van der Waals surface area (Å²) in [5, 5.41) is 14.8. The summed E-state index contributed by atoms with van der Waals surface area (Å²) in [6.45, 7) is 5.83. The van der Waals surface area contributed by atoms with Gasteiger partial charge < -0.3 is 16.0 Å². The number of carbonyl (C=O) groups excluding carboxylic acids is 2. The molecule has 3 rings (SSSR count). The van der Waals surface area contributed by atoms with E-state index in [1.807, 2.05) is 31.3 Å². The lowest BCUT2D eigenvalue weighted by Gasteiger charge is -2.32. The van der Waals surface area contributed by atoms with Crippen LogP contribution >= 0.6 is 0 Å². The third-order valence-corrected chi connectivity index (χ3v) is 7.17. The van der Waals surface area contributed by atoms with Crippen molar-refractivity contribution in [1.82, 2.24) is 15.6 Å². The summed E-state index contributed by atoms with van der Waals surface area (Å²) in [5.41, 5.74) is 4.14. The van der Waals surface area contributed by atoms with Crippen LogP contribution in [0.2, 0.25) is 0 Å². The van der Waals surface area contributed by atoms with Crippen LogP contribution in [0, 0.1) is 18.3 Å². The molecule has 0 radical (unpaired) electrons. The van der Waals surface area contributed by atoms with Crippen molar-refractivity contribution in [3.05, 3.63) is 53.9 Å². The molecule has 6 heteroatoms. The summed E-state index contributed by atoms with van der Waals surface area (Å²) in [7, 11) is 1.73. The van der Waals surface area contributed by atoms with Crippen LogP contribution in [0.25, 0.3) is 11.1 Å². The first kappa shape index (κ1) is 25.8. The molecule has 3 atom stereocenters. The summed E-state index contributed by atoms with van der Waals surface area (Å²) in [6.07, 6.45) is 9.27. The van der Waals surface area contributed by atoms with Crippen LogP contribution in [0.4, 0.5) is 0 Å². The Morgan fingerprint density at radius 2 is 1.85 bits per heavy atom. The van der Waals surface area contributed by atoms with Crippen molar-refractivity contribution >= 4 is 17.4 Å². The van der Waals surface area contributed by atoms with Gasteiger partial charge in [-0.3, -0.25) is 14.6 Å². The van der Waals surface area contributed by atoms with E-state index in [-0.39, 0.29) is 29.2 Å². The first-order valence-corrected chi connectivity index (χ1v) is 12.5. The molecule has 3 N–H and O–H groups in total. The molecular weight excluding hydrogens is 424 g/mol. The van der Waals surface area contributed by atoms with Crippen LogP contribution in [0.5, 0.6) is 0 Å². The van der Waals surface area contributed by atoms with Crippen LogP contribution in [0.1, 0.15) is 69.4 Å². The van der Waals surface area contributed by atoms with Gasteiger partial charge in [-0.15, -0.1) is 0 Å². The minimum atomic E-state index is -0.655. The molecule has 6 nitrogen and oxygen atoms in total. The fraction of sp³-hybridized carbons (Fsp3) is 0.500. The normalized spacial score (nSPS) is 16.9. The first-order valence-electron chi connectivity index (χ1n) is 12.5. The number of benzene rings is 1. The summed E-state index contributed by atoms with van der Waals surface area (Å²) in [5.74, 6) is -0.760. The van der Waals surface area contributed by atoms with Crippen molar-refractivity contribution in [3.8, 4) is 11.1 Å². The maximum atomic E-state index is 13.7. The second-order valence-electron chi connectivity index (χ2n) is 9.46. The smallest absolute Gasteiger partial charge is 0.237 e. The maximum Gasteiger partial charge on any atom is 0.237 e. The van der Waals surface area contributed by atoms with Gasteiger partial charge in [-0.2, -0.15) is 0 Å². The lowest BCUT2D eigenvalue weighted by Crippen LogP contribution is -2.53. The standard InChI is InChI=1S/C28H38N4O2/c1-5-23(21-15-22(17-31-16-21)24-14-10-9-11-18(24)2)25(29)27(33)26(20-12-7-6-8-13-20)32-28(34)19(3)30-4/h9-11,14-17,19-20,23,26,29-30H,5-8,12-13H2,1-4H3,(H,32,34). The van der Waals surface area contributed by atoms with Gasteiger partial charge in [0.05, 0.1) is 17.8 Å². The Morgan fingerprint density at radius 1 is 1.15 bits per heavy atom. The average Bonchev–Trinajstić information content (AvgIpc) is 2.87. The van der Waals surface area contributed by atoms with Gasteiger partial charge in [0.1, 0.15) is 0 Å². The van der Waals surface area contributed by atoms with E-state index in [4.69, 9.17) is 5.41 Å². The molecule has 0 spiro atoms. The SMILES string of the molecule is CCC(C(=N)C(=O)C(NC(=O)C(C)NC)C1CCCCC1)c1cncc(-c2ccccc2C)c1. The van der Waals surface area contributed by atoms with Crippen molar-refractivity contribution in [3.63, 3.8) is 0 Å². The highest BCUT2D eigenvalue weighted by atomic mass is 16.2. The van der Waals surface area contributed by atoms with Gasteiger partial charge in [-0.1, -0.05) is 50.5 Å². The van der Waals surface area contributed by atoms with Crippen LogP contribution in [-0.4, -0.2) is 41.5 Å². The van der Waals surface area contributed by atoms with E-state index in [0.29, 0.717) is 6.42 Å². The molecule has 0 saturated heterocycles. The molecule has 1 aliphatic rings. The molecule has 182 valence electrons. The van der Waals surface area contributed by atoms with Crippen LogP contribution in [0.15, 0.2) is 42.7 Å². The number of hydrogen-bond donors (Lipinski definition) is 3. The summed E-state index contributed by atoms with van der Waals surface area (Å²) in [6, 6.07) is 9.13. The largest absolute Gasteiger partial charge is 0.344 e. The Balaban J connectivity index is 1.88. The number of likely N-dealkylation sites (N-methyl/N-ethyl adjacent to an activating group) is 1. The molecular formula is C28H38N4O2. The molecule has 1 aromatic carbocycles. The number of amides is 1. The molecule has 1 fully saturated rings. The number of pyridine rings is 1. The number of rotatable bonds is 10.